The summed E-state index contributed by atoms with van der Waals surface area (Å²) in [6, 6.07) is 22.5. The molecule has 5 nitrogen and oxygen atoms in total. The predicted octanol–water partition coefficient (Wildman–Crippen LogP) is 3.99. The predicted molar refractivity (Wildman–Crippen MR) is 107 cm³/mol. The van der Waals surface area contributed by atoms with E-state index in [1.165, 1.54) is 12.1 Å². The minimum atomic E-state index is -1.11. The lowest BCUT2D eigenvalue weighted by atomic mass is 10.0. The lowest BCUT2D eigenvalue weighted by Crippen LogP contribution is -2.15. The molecule has 1 amide bonds. The molecule has 28 heavy (non-hydrogen) atoms. The summed E-state index contributed by atoms with van der Waals surface area (Å²) in [6.07, 6.45) is 0.560. The van der Waals surface area contributed by atoms with E-state index in [0.717, 1.165) is 11.1 Å². The molecule has 3 aromatic carbocycles. The molecule has 0 spiro atoms. The van der Waals surface area contributed by atoms with Crippen molar-refractivity contribution in [1.82, 2.24) is 0 Å². The summed E-state index contributed by atoms with van der Waals surface area (Å²) in [5.41, 5.74) is 2.30. The standard InChI is InChI=1S/C23H19NO4/c25-19(14-16-7-2-1-3-8-16)15-17-9-6-10-18(13-17)22(26)24-21-12-5-4-11-20(21)23(27)28/h1-13H,14-15H2,(H,24,26)(H,27,28). The zero-order valence-electron chi connectivity index (χ0n) is 15.1. The van der Waals surface area contributed by atoms with Gasteiger partial charge in [-0.25, -0.2) is 4.79 Å². The topological polar surface area (TPSA) is 83.5 Å². The number of ketones is 1. The Hall–Kier alpha value is -3.73. The summed E-state index contributed by atoms with van der Waals surface area (Å²) >= 11 is 0. The van der Waals surface area contributed by atoms with Gasteiger partial charge in [-0.15, -0.1) is 0 Å². The quantitative estimate of drug-likeness (QED) is 0.656. The molecule has 0 bridgehead atoms. The molecule has 0 saturated carbocycles. The van der Waals surface area contributed by atoms with Crippen LogP contribution in [0, 0.1) is 0 Å². The van der Waals surface area contributed by atoms with Gasteiger partial charge in [0.1, 0.15) is 5.78 Å². The largest absolute Gasteiger partial charge is 0.478 e. The lowest BCUT2D eigenvalue weighted by Gasteiger charge is -2.09. The summed E-state index contributed by atoms with van der Waals surface area (Å²) in [7, 11) is 0. The fourth-order valence-corrected chi connectivity index (χ4v) is 2.91. The number of benzene rings is 3. The Morgan fingerprint density at radius 3 is 2.14 bits per heavy atom. The number of carbonyl (C=O) groups excluding carboxylic acids is 2. The van der Waals surface area contributed by atoms with E-state index >= 15 is 0 Å². The van der Waals surface area contributed by atoms with Gasteiger partial charge in [-0.05, 0) is 35.4 Å². The molecule has 0 saturated heterocycles. The average Bonchev–Trinajstić information content (AvgIpc) is 2.69. The molecular formula is C23H19NO4. The summed E-state index contributed by atoms with van der Waals surface area (Å²) < 4.78 is 0. The van der Waals surface area contributed by atoms with E-state index in [1.807, 2.05) is 30.3 Å². The molecule has 0 heterocycles. The number of anilines is 1. The molecule has 0 radical (unpaired) electrons. The summed E-state index contributed by atoms with van der Waals surface area (Å²) in [5, 5.41) is 11.8. The van der Waals surface area contributed by atoms with Gasteiger partial charge in [0.15, 0.2) is 0 Å². The van der Waals surface area contributed by atoms with Crippen LogP contribution in [0.4, 0.5) is 5.69 Å². The van der Waals surface area contributed by atoms with Gasteiger partial charge >= 0.3 is 5.97 Å². The molecule has 2 N–H and O–H groups in total. The molecule has 3 rings (SSSR count). The number of para-hydroxylation sites is 1. The van der Waals surface area contributed by atoms with Crippen LogP contribution >= 0.6 is 0 Å². The molecule has 0 aliphatic heterocycles. The van der Waals surface area contributed by atoms with Crippen LogP contribution in [0.15, 0.2) is 78.9 Å². The molecule has 0 aliphatic carbocycles. The van der Waals surface area contributed by atoms with E-state index < -0.39 is 11.9 Å². The normalized spacial score (nSPS) is 10.3. The number of nitrogens with one attached hydrogen (secondary N) is 1. The van der Waals surface area contributed by atoms with Gasteiger partial charge in [0.2, 0.25) is 0 Å². The Morgan fingerprint density at radius 1 is 0.750 bits per heavy atom. The van der Waals surface area contributed by atoms with Crippen LogP contribution in [0.2, 0.25) is 0 Å². The number of carboxylic acids is 1. The summed E-state index contributed by atoms with van der Waals surface area (Å²) in [6.45, 7) is 0. The van der Waals surface area contributed by atoms with Crippen molar-refractivity contribution < 1.29 is 19.5 Å². The number of carboxylic acid groups (broad SMARTS) is 1. The van der Waals surface area contributed by atoms with Crippen LogP contribution < -0.4 is 5.32 Å². The van der Waals surface area contributed by atoms with Crippen molar-refractivity contribution in [2.45, 2.75) is 12.8 Å². The second-order valence-corrected chi connectivity index (χ2v) is 6.38. The highest BCUT2D eigenvalue weighted by Crippen LogP contribution is 2.17. The van der Waals surface area contributed by atoms with E-state index in [1.54, 1.807) is 36.4 Å². The first-order valence-electron chi connectivity index (χ1n) is 8.81. The fourth-order valence-electron chi connectivity index (χ4n) is 2.91. The first-order valence-corrected chi connectivity index (χ1v) is 8.81. The van der Waals surface area contributed by atoms with Gasteiger partial charge in [0, 0.05) is 18.4 Å². The molecule has 0 fully saturated rings. The third-order valence-corrected chi connectivity index (χ3v) is 4.24. The van der Waals surface area contributed by atoms with Crippen LogP contribution in [0.1, 0.15) is 31.8 Å². The molecule has 0 aliphatic rings. The Bertz CT molecular complexity index is 1010. The fraction of sp³-hybridized carbons (Fsp3) is 0.0870. The molecule has 0 atom stereocenters. The van der Waals surface area contributed by atoms with E-state index in [0.29, 0.717) is 12.0 Å². The smallest absolute Gasteiger partial charge is 0.337 e. The highest BCUT2D eigenvalue weighted by Gasteiger charge is 2.14. The molecule has 0 aromatic heterocycles. The summed E-state index contributed by atoms with van der Waals surface area (Å²) in [4.78, 5) is 36.1. The van der Waals surface area contributed by atoms with Gasteiger partial charge in [-0.1, -0.05) is 54.6 Å². The maximum Gasteiger partial charge on any atom is 0.337 e. The molecule has 5 heteroatoms. The zero-order chi connectivity index (χ0) is 19.9. The minimum absolute atomic E-state index is 0.0186. The van der Waals surface area contributed by atoms with Crippen molar-refractivity contribution in [2.75, 3.05) is 5.32 Å². The third-order valence-electron chi connectivity index (χ3n) is 4.24. The SMILES string of the molecule is O=C(Cc1ccccc1)Cc1cccc(C(=O)Nc2ccccc2C(=O)O)c1. The monoisotopic (exact) mass is 373 g/mol. The van der Waals surface area contributed by atoms with Gasteiger partial charge in [-0.2, -0.15) is 0 Å². The van der Waals surface area contributed by atoms with Crippen molar-refractivity contribution in [2.24, 2.45) is 0 Å². The van der Waals surface area contributed by atoms with Crippen LogP contribution in [0.5, 0.6) is 0 Å². The Morgan fingerprint density at radius 2 is 1.39 bits per heavy atom. The first kappa shape index (κ1) is 19.0. The number of hydrogen-bond donors (Lipinski definition) is 2. The van der Waals surface area contributed by atoms with Crippen LogP contribution in [-0.2, 0) is 17.6 Å². The Labute approximate surface area is 162 Å². The first-order chi connectivity index (χ1) is 13.5. The number of amides is 1. The minimum Gasteiger partial charge on any atom is -0.478 e. The van der Waals surface area contributed by atoms with Crippen molar-refractivity contribution in [3.63, 3.8) is 0 Å². The number of Topliss-reactive ketones (excluding diaryl/α,β-unsaturated/α-hetero) is 1. The number of rotatable bonds is 7. The van der Waals surface area contributed by atoms with Crippen molar-refractivity contribution >= 4 is 23.3 Å². The highest BCUT2D eigenvalue weighted by atomic mass is 16.4. The number of carbonyl (C=O) groups is 3. The maximum atomic E-state index is 12.5. The lowest BCUT2D eigenvalue weighted by molar-refractivity contribution is -0.117. The molecule has 0 unspecified atom stereocenters. The van der Waals surface area contributed by atoms with E-state index in [4.69, 9.17) is 0 Å². The van der Waals surface area contributed by atoms with E-state index in [9.17, 15) is 19.5 Å². The van der Waals surface area contributed by atoms with Crippen molar-refractivity contribution in [3.05, 3.63) is 101 Å². The molecular weight excluding hydrogens is 354 g/mol. The zero-order valence-corrected chi connectivity index (χ0v) is 15.1. The van der Waals surface area contributed by atoms with Gasteiger partial charge in [0.05, 0.1) is 11.3 Å². The van der Waals surface area contributed by atoms with Gasteiger partial charge in [0.25, 0.3) is 5.91 Å². The average molecular weight is 373 g/mol. The second-order valence-electron chi connectivity index (χ2n) is 6.38. The van der Waals surface area contributed by atoms with E-state index in [-0.39, 0.29) is 23.5 Å². The van der Waals surface area contributed by atoms with Crippen LogP contribution in [-0.4, -0.2) is 22.8 Å². The van der Waals surface area contributed by atoms with E-state index in [2.05, 4.69) is 5.32 Å². The second kappa shape index (κ2) is 8.77. The van der Waals surface area contributed by atoms with Crippen LogP contribution in [0.3, 0.4) is 0 Å². The Kier molecular flexibility index (Phi) is 5.97. The summed E-state index contributed by atoms with van der Waals surface area (Å²) in [5.74, 6) is -1.48. The Balaban J connectivity index is 1.70. The third kappa shape index (κ3) is 4.92. The number of hydrogen-bond acceptors (Lipinski definition) is 3. The highest BCUT2D eigenvalue weighted by molar-refractivity contribution is 6.07. The maximum absolute atomic E-state index is 12.5. The van der Waals surface area contributed by atoms with Crippen molar-refractivity contribution in [3.8, 4) is 0 Å². The van der Waals surface area contributed by atoms with Gasteiger partial charge in [-0.3, -0.25) is 9.59 Å². The van der Waals surface area contributed by atoms with Gasteiger partial charge < -0.3 is 10.4 Å². The number of aromatic carboxylic acids is 1. The van der Waals surface area contributed by atoms with Crippen molar-refractivity contribution in [1.29, 1.82) is 0 Å². The molecule has 140 valence electrons. The molecule has 3 aromatic rings. The van der Waals surface area contributed by atoms with Crippen LogP contribution in [0.25, 0.3) is 0 Å².